The Hall–Kier alpha value is -0.820. The number of sulfone groups is 1. The summed E-state index contributed by atoms with van der Waals surface area (Å²) in [5, 5.41) is 0. The molecule has 0 heterocycles. The molecule has 7 heteroatoms. The van der Waals surface area contributed by atoms with Gasteiger partial charge in [-0.25, -0.2) is 17.2 Å². The second kappa shape index (κ2) is 4.58. The molecule has 0 atom stereocenters. The molecule has 0 saturated carbocycles. The van der Waals surface area contributed by atoms with Crippen LogP contribution in [-0.4, -0.2) is 26.2 Å². The van der Waals surface area contributed by atoms with Crippen molar-refractivity contribution in [3.63, 3.8) is 0 Å². The maximum absolute atomic E-state index is 13.2. The minimum absolute atomic E-state index is 0.124. The van der Waals surface area contributed by atoms with Gasteiger partial charge in [0.25, 0.3) is 0 Å². The average Bonchev–Trinajstić information content (AvgIpc) is 2.08. The summed E-state index contributed by atoms with van der Waals surface area (Å²) in [7, 11) is -3.56. The third kappa shape index (κ3) is 3.34. The molecule has 3 nitrogen and oxygen atoms in total. The van der Waals surface area contributed by atoms with Crippen LogP contribution in [-0.2, 0) is 9.84 Å². The molecular formula is C9H7BrF2O3S. The molecule has 0 amide bonds. The van der Waals surface area contributed by atoms with E-state index in [-0.39, 0.29) is 4.47 Å². The van der Waals surface area contributed by atoms with Gasteiger partial charge in [-0.05, 0) is 28.1 Å². The van der Waals surface area contributed by atoms with E-state index < -0.39 is 38.6 Å². The Morgan fingerprint density at radius 2 is 1.88 bits per heavy atom. The van der Waals surface area contributed by atoms with E-state index in [0.29, 0.717) is 6.07 Å². The lowest BCUT2D eigenvalue weighted by molar-refractivity contribution is 0.101. The van der Waals surface area contributed by atoms with Crippen molar-refractivity contribution in [2.45, 2.75) is 0 Å². The van der Waals surface area contributed by atoms with Crippen molar-refractivity contribution in [1.82, 2.24) is 0 Å². The largest absolute Gasteiger partial charge is 0.293 e. The molecule has 0 aliphatic carbocycles. The average molecular weight is 313 g/mol. The molecule has 0 aliphatic heterocycles. The van der Waals surface area contributed by atoms with E-state index in [1.807, 2.05) is 0 Å². The van der Waals surface area contributed by atoms with Gasteiger partial charge in [0.1, 0.15) is 17.4 Å². The summed E-state index contributed by atoms with van der Waals surface area (Å²) >= 11 is 2.75. The molecule has 0 N–H and O–H groups in total. The Bertz CT molecular complexity index is 540. The summed E-state index contributed by atoms with van der Waals surface area (Å²) in [6.07, 6.45) is 0.845. The second-order valence-electron chi connectivity index (χ2n) is 3.24. The quantitative estimate of drug-likeness (QED) is 0.633. The predicted molar refractivity (Wildman–Crippen MR) is 58.1 cm³/mol. The lowest BCUT2D eigenvalue weighted by atomic mass is 10.1. The van der Waals surface area contributed by atoms with Gasteiger partial charge in [0.15, 0.2) is 15.6 Å². The van der Waals surface area contributed by atoms with Crippen LogP contribution >= 0.6 is 15.9 Å². The summed E-state index contributed by atoms with van der Waals surface area (Å²) in [5.74, 6) is -3.59. The van der Waals surface area contributed by atoms with Crippen molar-refractivity contribution in [3.8, 4) is 0 Å². The molecule has 0 spiro atoms. The van der Waals surface area contributed by atoms with E-state index in [1.165, 1.54) is 0 Å². The highest BCUT2D eigenvalue weighted by atomic mass is 79.9. The van der Waals surface area contributed by atoms with Gasteiger partial charge in [-0.15, -0.1) is 0 Å². The number of hydrogen-bond donors (Lipinski definition) is 0. The van der Waals surface area contributed by atoms with Crippen molar-refractivity contribution < 1.29 is 22.0 Å². The molecule has 1 rings (SSSR count). The van der Waals surface area contributed by atoms with Crippen LogP contribution in [0.15, 0.2) is 16.6 Å². The number of rotatable bonds is 3. The number of carbonyl (C=O) groups is 1. The Labute approximate surface area is 99.5 Å². The molecule has 0 unspecified atom stereocenters. The van der Waals surface area contributed by atoms with Gasteiger partial charge in [-0.1, -0.05) is 0 Å². The van der Waals surface area contributed by atoms with E-state index in [0.717, 1.165) is 12.3 Å². The summed E-state index contributed by atoms with van der Waals surface area (Å²) in [6, 6.07) is 1.46. The Morgan fingerprint density at radius 3 is 2.38 bits per heavy atom. The van der Waals surface area contributed by atoms with Gasteiger partial charge in [0.05, 0.1) is 10.0 Å². The topological polar surface area (TPSA) is 51.2 Å². The molecule has 0 radical (unpaired) electrons. The van der Waals surface area contributed by atoms with Crippen molar-refractivity contribution in [1.29, 1.82) is 0 Å². The number of benzene rings is 1. The highest BCUT2D eigenvalue weighted by molar-refractivity contribution is 9.10. The van der Waals surface area contributed by atoms with Crippen molar-refractivity contribution >= 4 is 31.6 Å². The summed E-state index contributed by atoms with van der Waals surface area (Å²) in [5.41, 5.74) is -0.564. The third-order valence-electron chi connectivity index (χ3n) is 1.70. The van der Waals surface area contributed by atoms with E-state index in [4.69, 9.17) is 0 Å². The number of carbonyl (C=O) groups excluding carboxylic acids is 1. The standard InChI is InChI=1S/C9H7BrF2O3S/c1-16(14,15)4-9(13)5-2-8(12)6(10)3-7(5)11/h2-3H,4H2,1H3. The lowest BCUT2D eigenvalue weighted by Gasteiger charge is -2.03. The molecule has 1 aromatic rings. The van der Waals surface area contributed by atoms with Crippen LogP contribution in [0.25, 0.3) is 0 Å². The van der Waals surface area contributed by atoms with Crippen LogP contribution in [0.4, 0.5) is 8.78 Å². The van der Waals surface area contributed by atoms with Gasteiger partial charge >= 0.3 is 0 Å². The zero-order valence-electron chi connectivity index (χ0n) is 8.13. The number of ketones is 1. The Morgan fingerprint density at radius 1 is 1.31 bits per heavy atom. The Kier molecular flexibility index (Phi) is 3.80. The van der Waals surface area contributed by atoms with Gasteiger partial charge < -0.3 is 0 Å². The molecule has 0 saturated heterocycles. The highest BCUT2D eigenvalue weighted by Crippen LogP contribution is 2.20. The van der Waals surface area contributed by atoms with Crippen LogP contribution in [0.1, 0.15) is 10.4 Å². The first-order valence-corrected chi connectivity index (χ1v) is 6.91. The van der Waals surface area contributed by atoms with Gasteiger partial charge in [0, 0.05) is 6.26 Å². The minimum Gasteiger partial charge on any atom is -0.293 e. The smallest absolute Gasteiger partial charge is 0.180 e. The van der Waals surface area contributed by atoms with Crippen LogP contribution in [0.5, 0.6) is 0 Å². The predicted octanol–water partition coefficient (Wildman–Crippen LogP) is 1.95. The maximum atomic E-state index is 13.2. The first-order chi connectivity index (χ1) is 7.20. The Balaban J connectivity index is 3.15. The fourth-order valence-corrected chi connectivity index (χ4v) is 2.00. The maximum Gasteiger partial charge on any atom is 0.180 e. The van der Waals surface area contributed by atoms with Crippen molar-refractivity contribution in [2.75, 3.05) is 12.0 Å². The summed E-state index contributed by atoms with van der Waals surface area (Å²) in [4.78, 5) is 11.3. The van der Waals surface area contributed by atoms with Gasteiger partial charge in [0.2, 0.25) is 0 Å². The fraction of sp³-hybridized carbons (Fsp3) is 0.222. The highest BCUT2D eigenvalue weighted by Gasteiger charge is 2.19. The third-order valence-corrected chi connectivity index (χ3v) is 3.10. The summed E-state index contributed by atoms with van der Waals surface area (Å²) in [6.45, 7) is 0. The molecule has 0 bridgehead atoms. The molecule has 16 heavy (non-hydrogen) atoms. The van der Waals surface area contributed by atoms with Crippen molar-refractivity contribution in [2.24, 2.45) is 0 Å². The molecule has 88 valence electrons. The van der Waals surface area contributed by atoms with Crippen LogP contribution in [0.3, 0.4) is 0 Å². The molecule has 0 aromatic heterocycles. The lowest BCUT2D eigenvalue weighted by Crippen LogP contribution is -2.16. The molecule has 1 aromatic carbocycles. The van der Waals surface area contributed by atoms with E-state index in [1.54, 1.807) is 0 Å². The summed E-state index contributed by atoms with van der Waals surface area (Å²) < 4.78 is 47.8. The van der Waals surface area contributed by atoms with Crippen LogP contribution in [0.2, 0.25) is 0 Å². The zero-order valence-corrected chi connectivity index (χ0v) is 10.5. The van der Waals surface area contributed by atoms with Crippen molar-refractivity contribution in [3.05, 3.63) is 33.8 Å². The second-order valence-corrected chi connectivity index (χ2v) is 6.23. The molecule has 0 aliphatic rings. The monoisotopic (exact) mass is 312 g/mol. The van der Waals surface area contributed by atoms with E-state index >= 15 is 0 Å². The van der Waals surface area contributed by atoms with E-state index in [2.05, 4.69) is 15.9 Å². The van der Waals surface area contributed by atoms with Gasteiger partial charge in [-0.3, -0.25) is 4.79 Å². The minimum atomic E-state index is -3.56. The number of Topliss-reactive ketones (excluding diaryl/α,β-unsaturated/α-hetero) is 1. The fourth-order valence-electron chi connectivity index (χ4n) is 1.05. The van der Waals surface area contributed by atoms with Crippen LogP contribution in [0, 0.1) is 11.6 Å². The first-order valence-electron chi connectivity index (χ1n) is 4.06. The molecule has 0 fully saturated rings. The van der Waals surface area contributed by atoms with Crippen LogP contribution < -0.4 is 0 Å². The normalized spacial score (nSPS) is 11.5. The SMILES string of the molecule is CS(=O)(=O)CC(=O)c1cc(F)c(Br)cc1F. The first kappa shape index (κ1) is 13.2. The number of hydrogen-bond acceptors (Lipinski definition) is 3. The zero-order chi connectivity index (χ0) is 12.5. The molecular weight excluding hydrogens is 306 g/mol. The van der Waals surface area contributed by atoms with Gasteiger partial charge in [-0.2, -0.15) is 0 Å². The number of halogens is 3. The van der Waals surface area contributed by atoms with E-state index in [9.17, 15) is 22.0 Å².